The number of nitrogens with zero attached hydrogens (tertiary/aromatic N) is 2. The number of carbonyl (C=O) groups is 1. The summed E-state index contributed by atoms with van der Waals surface area (Å²) in [4.78, 5) is 26.3. The average Bonchev–Trinajstić information content (AvgIpc) is 2.63. The number of hydrogen-bond donors (Lipinski definition) is 1. The number of benzene rings is 1. The normalized spacial score (nSPS) is 14.8. The van der Waals surface area contributed by atoms with Crippen molar-refractivity contribution in [3.8, 4) is 0 Å². The average molecular weight is 414 g/mol. The van der Waals surface area contributed by atoms with E-state index in [1.54, 1.807) is 18.2 Å². The summed E-state index contributed by atoms with van der Waals surface area (Å²) in [5.74, 6) is -0.622. The molecule has 1 aliphatic heterocycles. The van der Waals surface area contributed by atoms with Gasteiger partial charge in [-0.1, -0.05) is 11.6 Å². The summed E-state index contributed by atoms with van der Waals surface area (Å²) in [7, 11) is 0. The summed E-state index contributed by atoms with van der Waals surface area (Å²) in [6.07, 6.45) is -0.240. The van der Waals surface area contributed by atoms with Crippen molar-refractivity contribution in [3.63, 3.8) is 0 Å². The Kier molecular flexibility index (Phi) is 5.98. The minimum absolute atomic E-state index is 0.413. The van der Waals surface area contributed by atoms with E-state index in [9.17, 15) is 22.8 Å². The molecular weight excluding hydrogens is 395 g/mol. The highest BCUT2D eigenvalue weighted by molar-refractivity contribution is 6.33. The number of nitrogens with one attached hydrogen (secondary N) is 1. The minimum atomic E-state index is -4.77. The molecule has 28 heavy (non-hydrogen) atoms. The van der Waals surface area contributed by atoms with Gasteiger partial charge in [0.25, 0.3) is 5.56 Å². The Morgan fingerprint density at radius 3 is 2.50 bits per heavy atom. The third kappa shape index (κ3) is 4.67. The smallest absolute Gasteiger partial charge is 0.370 e. The zero-order valence-electron chi connectivity index (χ0n) is 14.9. The van der Waals surface area contributed by atoms with E-state index in [1.807, 2.05) is 0 Å². The van der Waals surface area contributed by atoms with E-state index in [-0.39, 0.29) is 0 Å². The van der Waals surface area contributed by atoms with Gasteiger partial charge in [-0.3, -0.25) is 9.59 Å². The lowest BCUT2D eigenvalue weighted by molar-refractivity contribution is -0.139. The lowest BCUT2D eigenvalue weighted by Crippen LogP contribution is -2.32. The fourth-order valence-electron chi connectivity index (χ4n) is 3.21. The van der Waals surface area contributed by atoms with Gasteiger partial charge in [0.05, 0.1) is 10.7 Å². The first-order chi connectivity index (χ1) is 13.3. The summed E-state index contributed by atoms with van der Waals surface area (Å²) in [6, 6.07) is 6.86. The molecule has 0 bridgehead atoms. The van der Waals surface area contributed by atoms with Crippen LogP contribution in [0.15, 0.2) is 41.3 Å². The molecule has 0 radical (unpaired) electrons. The predicted octanol–water partition coefficient (Wildman–Crippen LogP) is 4.15. The molecule has 5 nitrogen and oxygen atoms in total. The Bertz CT molecular complexity index is 921. The van der Waals surface area contributed by atoms with Crippen LogP contribution in [0.3, 0.4) is 0 Å². The van der Waals surface area contributed by atoms with Gasteiger partial charge in [-0.15, -0.1) is 0 Å². The highest BCUT2D eigenvalue weighted by atomic mass is 35.5. The van der Waals surface area contributed by atoms with Crippen LogP contribution in [0, 0.1) is 0 Å². The van der Waals surface area contributed by atoms with E-state index in [4.69, 9.17) is 11.6 Å². The third-order valence-electron chi connectivity index (χ3n) is 4.57. The number of halogens is 4. The second-order valence-corrected chi connectivity index (χ2v) is 7.02. The van der Waals surface area contributed by atoms with Crippen LogP contribution in [0.1, 0.15) is 24.8 Å². The second-order valence-electron chi connectivity index (χ2n) is 6.61. The van der Waals surface area contributed by atoms with Crippen LogP contribution >= 0.6 is 11.6 Å². The Hall–Kier alpha value is -2.48. The van der Waals surface area contributed by atoms with E-state index in [2.05, 4.69) is 10.2 Å². The molecule has 150 valence electrons. The summed E-state index contributed by atoms with van der Waals surface area (Å²) < 4.78 is 39.2. The lowest BCUT2D eigenvalue weighted by atomic mass is 10.1. The number of carbonyl (C=O) groups excluding carboxylic acids is 1. The largest absolute Gasteiger partial charge is 0.421 e. The molecular formula is C19H19ClF3N3O2. The summed E-state index contributed by atoms with van der Waals surface area (Å²) in [5.41, 5.74) is -1.27. The van der Waals surface area contributed by atoms with E-state index in [0.717, 1.165) is 48.4 Å². The van der Waals surface area contributed by atoms with Crippen LogP contribution < -0.4 is 15.8 Å². The SMILES string of the molecule is O=C(Cn1cccc(C(F)(F)F)c1=O)Nc1ccc(N2CCCCC2)c(Cl)c1. The van der Waals surface area contributed by atoms with Crippen molar-refractivity contribution in [1.82, 2.24) is 4.57 Å². The van der Waals surface area contributed by atoms with Crippen LogP contribution in [0.4, 0.5) is 24.5 Å². The van der Waals surface area contributed by atoms with Crippen molar-refractivity contribution in [3.05, 3.63) is 57.5 Å². The maximum absolute atomic E-state index is 12.8. The first-order valence-corrected chi connectivity index (χ1v) is 9.24. The minimum Gasteiger partial charge on any atom is -0.370 e. The summed E-state index contributed by atoms with van der Waals surface area (Å²) in [6.45, 7) is 1.31. The van der Waals surface area contributed by atoms with Gasteiger partial charge in [0.1, 0.15) is 12.1 Å². The first-order valence-electron chi connectivity index (χ1n) is 8.87. The van der Waals surface area contributed by atoms with Crippen molar-refractivity contribution in [1.29, 1.82) is 0 Å². The lowest BCUT2D eigenvalue weighted by Gasteiger charge is -2.29. The molecule has 0 unspecified atom stereocenters. The predicted molar refractivity (Wildman–Crippen MR) is 102 cm³/mol. The number of rotatable bonds is 4. The zero-order chi connectivity index (χ0) is 20.3. The van der Waals surface area contributed by atoms with E-state index in [1.165, 1.54) is 6.42 Å². The van der Waals surface area contributed by atoms with Crippen LogP contribution in [-0.4, -0.2) is 23.6 Å². The van der Waals surface area contributed by atoms with Gasteiger partial charge >= 0.3 is 6.18 Å². The molecule has 0 saturated carbocycles. The van der Waals surface area contributed by atoms with E-state index < -0.39 is 29.8 Å². The van der Waals surface area contributed by atoms with Gasteiger partial charge < -0.3 is 14.8 Å². The van der Waals surface area contributed by atoms with Crippen LogP contribution in [0.5, 0.6) is 0 Å². The van der Waals surface area contributed by atoms with Crippen molar-refractivity contribution >= 4 is 28.9 Å². The second kappa shape index (κ2) is 8.26. The van der Waals surface area contributed by atoms with Crippen molar-refractivity contribution in [2.75, 3.05) is 23.3 Å². The molecule has 0 atom stereocenters. The van der Waals surface area contributed by atoms with Gasteiger partial charge in [-0.05, 0) is 49.6 Å². The van der Waals surface area contributed by atoms with Crippen LogP contribution in [0.2, 0.25) is 5.02 Å². The highest BCUT2D eigenvalue weighted by Gasteiger charge is 2.34. The fourth-order valence-corrected chi connectivity index (χ4v) is 3.51. The van der Waals surface area contributed by atoms with Gasteiger partial charge in [0.15, 0.2) is 0 Å². The topological polar surface area (TPSA) is 54.3 Å². The van der Waals surface area contributed by atoms with Gasteiger partial charge in [0, 0.05) is 25.0 Å². The molecule has 2 aromatic rings. The molecule has 1 saturated heterocycles. The highest BCUT2D eigenvalue weighted by Crippen LogP contribution is 2.31. The Morgan fingerprint density at radius 2 is 1.86 bits per heavy atom. The zero-order valence-corrected chi connectivity index (χ0v) is 15.7. The molecule has 1 aliphatic rings. The van der Waals surface area contributed by atoms with E-state index in [0.29, 0.717) is 16.8 Å². The standard InChI is InChI=1S/C19H19ClF3N3O2/c20-15-11-13(6-7-16(15)25-8-2-1-3-9-25)24-17(27)12-26-10-4-5-14(18(26)28)19(21,22)23/h4-7,10-11H,1-3,8-9,12H2,(H,24,27). The Balaban J connectivity index is 1.70. The van der Waals surface area contributed by atoms with Crippen molar-refractivity contribution in [2.24, 2.45) is 0 Å². The monoisotopic (exact) mass is 413 g/mol. The fraction of sp³-hybridized carbons (Fsp3) is 0.368. The Labute approximate surface area is 164 Å². The van der Waals surface area contributed by atoms with Crippen LogP contribution in [0.25, 0.3) is 0 Å². The number of piperidine rings is 1. The number of pyridine rings is 1. The van der Waals surface area contributed by atoms with E-state index >= 15 is 0 Å². The summed E-state index contributed by atoms with van der Waals surface area (Å²) in [5, 5.41) is 3.05. The molecule has 0 aliphatic carbocycles. The first kappa shape index (κ1) is 20.3. The van der Waals surface area contributed by atoms with Crippen LogP contribution in [-0.2, 0) is 17.5 Å². The molecule has 2 heterocycles. The maximum atomic E-state index is 12.8. The summed E-state index contributed by atoms with van der Waals surface area (Å²) >= 11 is 6.33. The van der Waals surface area contributed by atoms with Crippen molar-refractivity contribution < 1.29 is 18.0 Å². The molecule has 0 spiro atoms. The molecule has 1 aromatic heterocycles. The third-order valence-corrected chi connectivity index (χ3v) is 4.87. The molecule has 1 amide bonds. The number of aromatic nitrogens is 1. The molecule has 1 fully saturated rings. The number of alkyl halides is 3. The Morgan fingerprint density at radius 1 is 1.14 bits per heavy atom. The quantitative estimate of drug-likeness (QED) is 0.819. The molecule has 3 rings (SSSR count). The maximum Gasteiger partial charge on any atom is 0.421 e. The number of amides is 1. The van der Waals surface area contributed by atoms with Gasteiger partial charge in [0.2, 0.25) is 5.91 Å². The van der Waals surface area contributed by atoms with Gasteiger partial charge in [-0.2, -0.15) is 13.2 Å². The molecule has 1 N–H and O–H groups in total. The number of anilines is 2. The van der Waals surface area contributed by atoms with Gasteiger partial charge in [-0.25, -0.2) is 0 Å². The molecule has 1 aromatic carbocycles. The van der Waals surface area contributed by atoms with Crippen molar-refractivity contribution in [2.45, 2.75) is 32.0 Å². The number of hydrogen-bond acceptors (Lipinski definition) is 3. The molecule has 9 heteroatoms.